The Morgan fingerprint density at radius 2 is 1.70 bits per heavy atom. The third kappa shape index (κ3) is 4.19. The van der Waals surface area contributed by atoms with Crippen molar-refractivity contribution in [3.8, 4) is 0 Å². The van der Waals surface area contributed by atoms with Crippen molar-refractivity contribution >= 4 is 61.0 Å². The van der Waals surface area contributed by atoms with Crippen LogP contribution in [0.25, 0.3) is 10.5 Å². The number of halogens is 2. The number of carbonyl (C=O) groups excluding carboxylic acids is 1. The van der Waals surface area contributed by atoms with Crippen molar-refractivity contribution in [3.63, 3.8) is 0 Å². The van der Waals surface area contributed by atoms with Crippen LogP contribution in [0.3, 0.4) is 0 Å². The number of hydrogen-bond donors (Lipinski definition) is 0. The highest BCUT2D eigenvalue weighted by molar-refractivity contribution is 9.10. The van der Waals surface area contributed by atoms with E-state index in [0.29, 0.717) is 16.3 Å². The van der Waals surface area contributed by atoms with Crippen LogP contribution in [0.15, 0.2) is 86.9 Å². The lowest BCUT2D eigenvalue weighted by Crippen LogP contribution is -2.33. The van der Waals surface area contributed by atoms with Gasteiger partial charge in [0.05, 0.1) is 17.8 Å². The molecule has 0 saturated carbocycles. The summed E-state index contributed by atoms with van der Waals surface area (Å²) in [5, 5.41) is 4.88. The Bertz CT molecular complexity index is 1890. The minimum Gasteiger partial charge on any atom is -0.303 e. The number of carbonyl (C=O) groups is 1. The largest absolute Gasteiger partial charge is 0.303 e. The fraction of sp³-hybridized carbons (Fsp3) is 0.0741. The number of fused-ring (bicyclic) bond motifs is 2. The van der Waals surface area contributed by atoms with Crippen molar-refractivity contribution < 1.29 is 4.79 Å². The first-order chi connectivity index (χ1) is 17.9. The lowest BCUT2D eigenvalue weighted by atomic mass is 10.1. The van der Waals surface area contributed by atoms with Gasteiger partial charge in [0.2, 0.25) is 4.96 Å². The van der Waals surface area contributed by atoms with Gasteiger partial charge in [-0.25, -0.2) is 0 Å². The van der Waals surface area contributed by atoms with Crippen LogP contribution in [-0.2, 0) is 17.8 Å². The van der Waals surface area contributed by atoms with Gasteiger partial charge in [-0.2, -0.15) is 14.6 Å². The molecule has 0 fully saturated rings. The summed E-state index contributed by atoms with van der Waals surface area (Å²) in [5.41, 5.74) is 2.37. The van der Waals surface area contributed by atoms with Crippen molar-refractivity contribution in [1.82, 2.24) is 14.6 Å². The fourth-order valence-electron chi connectivity index (χ4n) is 4.37. The average Bonchev–Trinajstić information content (AvgIpc) is 3.33. The summed E-state index contributed by atoms with van der Waals surface area (Å²) in [7, 11) is 0. The Hall–Kier alpha value is -3.66. The lowest BCUT2D eigenvalue weighted by molar-refractivity contribution is -0.113. The predicted molar refractivity (Wildman–Crippen MR) is 147 cm³/mol. The Morgan fingerprint density at radius 3 is 2.49 bits per heavy atom. The van der Waals surface area contributed by atoms with E-state index in [2.05, 4.69) is 26.0 Å². The minimum absolute atomic E-state index is 0.142. The van der Waals surface area contributed by atoms with E-state index < -0.39 is 11.1 Å². The Labute approximate surface area is 227 Å². The molecule has 0 radical (unpaired) electrons. The monoisotopic (exact) mass is 590 g/mol. The summed E-state index contributed by atoms with van der Waals surface area (Å²) in [6, 6.07) is 22.2. The van der Waals surface area contributed by atoms with E-state index >= 15 is 0 Å². The maximum atomic E-state index is 13.8. The molecule has 0 saturated heterocycles. The van der Waals surface area contributed by atoms with Crippen LogP contribution in [-0.4, -0.2) is 20.5 Å². The first-order valence-corrected chi connectivity index (χ1v) is 13.3. The van der Waals surface area contributed by atoms with E-state index in [1.54, 1.807) is 11.0 Å². The smallest absolute Gasteiger partial charge is 0.296 e. The zero-order valence-electron chi connectivity index (χ0n) is 19.0. The molecule has 3 heterocycles. The number of benzene rings is 3. The molecular formula is C27H16BrClN4O3S. The number of thiazole rings is 1. The molecule has 6 rings (SSSR count). The van der Waals surface area contributed by atoms with E-state index in [9.17, 15) is 14.4 Å². The summed E-state index contributed by atoms with van der Waals surface area (Å²) in [6.07, 6.45) is 0.247. The lowest BCUT2D eigenvalue weighted by Gasteiger charge is -2.18. The average molecular weight is 592 g/mol. The standard InChI is InChI=1S/C27H16BrClN4O3S/c28-17-10-11-21-18(13-17)22(25(35)32(21)14-16-8-4-5-9-19(16)29)23-26(36)33-27(37-23)30-24(34)20(31-33)12-15-6-2-1-3-7-15/h1-11,13H,12,14H2/b23-22-. The van der Waals surface area contributed by atoms with Crippen molar-refractivity contribution in [3.05, 3.63) is 130 Å². The first-order valence-electron chi connectivity index (χ1n) is 11.3. The van der Waals surface area contributed by atoms with Crippen LogP contribution in [0.5, 0.6) is 0 Å². The van der Waals surface area contributed by atoms with Crippen LogP contribution >= 0.6 is 38.9 Å². The molecule has 1 aliphatic heterocycles. The molecule has 0 aliphatic carbocycles. The van der Waals surface area contributed by atoms with Crippen molar-refractivity contribution in [1.29, 1.82) is 0 Å². The number of anilines is 1. The van der Waals surface area contributed by atoms with Gasteiger partial charge in [-0.3, -0.25) is 14.4 Å². The van der Waals surface area contributed by atoms with E-state index in [-0.39, 0.29) is 39.6 Å². The van der Waals surface area contributed by atoms with Crippen LogP contribution in [0.2, 0.25) is 5.02 Å². The first kappa shape index (κ1) is 23.7. The summed E-state index contributed by atoms with van der Waals surface area (Å²) in [6.45, 7) is 0.241. The molecule has 182 valence electrons. The SMILES string of the molecule is O=C1/C(=c2\sc3nc(=O)c(Cc4ccccc4)nn3c2=O)c2cc(Br)ccc2N1Cc1ccccc1Cl. The second kappa shape index (κ2) is 9.33. The van der Waals surface area contributed by atoms with Gasteiger partial charge >= 0.3 is 0 Å². The molecule has 0 spiro atoms. The molecule has 5 aromatic rings. The Morgan fingerprint density at radius 1 is 0.946 bits per heavy atom. The second-order valence-electron chi connectivity index (χ2n) is 8.48. The van der Waals surface area contributed by atoms with Crippen molar-refractivity contribution in [2.75, 3.05) is 4.90 Å². The van der Waals surface area contributed by atoms with Crippen LogP contribution in [0, 0.1) is 0 Å². The molecule has 0 atom stereocenters. The Balaban J connectivity index is 1.53. The molecule has 0 N–H and O–H groups in total. The molecule has 0 unspecified atom stereocenters. The van der Waals surface area contributed by atoms with E-state index in [4.69, 9.17) is 11.6 Å². The van der Waals surface area contributed by atoms with Crippen LogP contribution in [0.1, 0.15) is 22.4 Å². The molecular weight excluding hydrogens is 576 g/mol. The summed E-state index contributed by atoms with van der Waals surface area (Å²) in [5.74, 6) is -0.330. The molecule has 3 aromatic carbocycles. The molecule has 7 nitrogen and oxygen atoms in total. The zero-order valence-corrected chi connectivity index (χ0v) is 22.2. The van der Waals surface area contributed by atoms with Crippen LogP contribution in [0.4, 0.5) is 5.69 Å². The molecule has 0 bridgehead atoms. The maximum Gasteiger partial charge on any atom is 0.296 e. The third-order valence-electron chi connectivity index (χ3n) is 6.13. The van der Waals surface area contributed by atoms with Gasteiger partial charge in [0.1, 0.15) is 10.2 Å². The van der Waals surface area contributed by atoms with Gasteiger partial charge in [-0.05, 0) is 35.4 Å². The van der Waals surface area contributed by atoms with E-state index in [1.165, 1.54) is 0 Å². The van der Waals surface area contributed by atoms with E-state index in [0.717, 1.165) is 31.5 Å². The normalized spacial score (nSPS) is 14.4. The number of nitrogens with zero attached hydrogens (tertiary/aromatic N) is 4. The molecule has 2 aromatic heterocycles. The number of hydrogen-bond acceptors (Lipinski definition) is 6. The second-order valence-corrected chi connectivity index (χ2v) is 10.8. The third-order valence-corrected chi connectivity index (χ3v) is 8.02. The number of amides is 1. The van der Waals surface area contributed by atoms with Crippen LogP contribution < -0.4 is 20.6 Å². The number of aromatic nitrogens is 3. The van der Waals surface area contributed by atoms with E-state index in [1.807, 2.05) is 66.7 Å². The van der Waals surface area contributed by atoms with Gasteiger partial charge in [0, 0.05) is 21.5 Å². The fourth-order valence-corrected chi connectivity index (χ4v) is 5.92. The van der Waals surface area contributed by atoms with Gasteiger partial charge < -0.3 is 4.90 Å². The summed E-state index contributed by atoms with van der Waals surface area (Å²) in [4.78, 5) is 45.9. The molecule has 37 heavy (non-hydrogen) atoms. The van der Waals surface area contributed by atoms with Crippen molar-refractivity contribution in [2.45, 2.75) is 13.0 Å². The van der Waals surface area contributed by atoms with Gasteiger partial charge in [0.15, 0.2) is 0 Å². The Kier molecular flexibility index (Phi) is 5.98. The highest BCUT2D eigenvalue weighted by Crippen LogP contribution is 2.38. The van der Waals surface area contributed by atoms with Gasteiger partial charge in [-0.1, -0.05) is 87.4 Å². The molecule has 1 aliphatic rings. The summed E-state index contributed by atoms with van der Waals surface area (Å²) < 4.78 is 2.07. The highest BCUT2D eigenvalue weighted by atomic mass is 79.9. The number of rotatable bonds is 4. The zero-order chi connectivity index (χ0) is 25.7. The maximum absolute atomic E-state index is 13.8. The highest BCUT2D eigenvalue weighted by Gasteiger charge is 2.35. The molecule has 1 amide bonds. The van der Waals surface area contributed by atoms with Gasteiger partial charge in [-0.15, -0.1) is 0 Å². The minimum atomic E-state index is -0.497. The molecule has 10 heteroatoms. The topological polar surface area (TPSA) is 84.6 Å². The van der Waals surface area contributed by atoms with Crippen molar-refractivity contribution in [2.24, 2.45) is 0 Å². The summed E-state index contributed by atoms with van der Waals surface area (Å²) >= 11 is 10.8. The van der Waals surface area contributed by atoms with Gasteiger partial charge in [0.25, 0.3) is 17.0 Å². The predicted octanol–water partition coefficient (Wildman–Crippen LogP) is 3.98. The quantitative estimate of drug-likeness (QED) is 0.316.